The first-order valence-electron chi connectivity index (χ1n) is 6.92. The van der Waals surface area contributed by atoms with Gasteiger partial charge in [0.15, 0.2) is 5.96 Å². The fourth-order valence-corrected chi connectivity index (χ4v) is 2.51. The van der Waals surface area contributed by atoms with E-state index in [2.05, 4.69) is 5.32 Å². The Kier molecular flexibility index (Phi) is 6.29. The van der Waals surface area contributed by atoms with Crippen molar-refractivity contribution in [2.24, 2.45) is 17.4 Å². The Morgan fingerprint density at radius 2 is 2.09 bits per heavy atom. The van der Waals surface area contributed by atoms with Gasteiger partial charge in [-0.15, -0.1) is 0 Å². The highest BCUT2D eigenvalue weighted by Gasteiger charge is 2.50. The van der Waals surface area contributed by atoms with Crippen molar-refractivity contribution in [3.05, 3.63) is 0 Å². The van der Waals surface area contributed by atoms with E-state index in [0.717, 1.165) is 0 Å². The van der Waals surface area contributed by atoms with Crippen LogP contribution in [-0.4, -0.2) is 70.2 Å². The number of carbonyl (C=O) groups excluding carboxylic acids is 1. The van der Waals surface area contributed by atoms with Gasteiger partial charge in [-0.25, -0.2) is 0 Å². The molecule has 2 atom stereocenters. The highest BCUT2D eigenvalue weighted by molar-refractivity contribution is 6.40. The second-order valence-electron chi connectivity index (χ2n) is 5.44. The standard InChI is InChI=1S/C11H22BN5O5/c13-4-8(18)16-10(14)17-5-7(2-1-3-12(21)22)11(15,6-17)9(19)20/h7,21-22H,1-6,13,15H2,(H,19,20)(H2,14,16,18). The molecule has 11 heteroatoms. The summed E-state index contributed by atoms with van der Waals surface area (Å²) >= 11 is 0. The summed E-state index contributed by atoms with van der Waals surface area (Å²) in [4.78, 5) is 24.0. The van der Waals surface area contributed by atoms with E-state index in [9.17, 15) is 14.7 Å². The number of carboxylic acid groups (broad SMARTS) is 1. The molecule has 0 bridgehead atoms. The number of amides is 1. The maximum atomic E-state index is 11.4. The molecule has 1 saturated heterocycles. The molecule has 1 aliphatic heterocycles. The van der Waals surface area contributed by atoms with Crippen LogP contribution < -0.4 is 16.8 Å². The zero-order valence-electron chi connectivity index (χ0n) is 12.2. The second kappa shape index (κ2) is 7.54. The monoisotopic (exact) mass is 315 g/mol. The Morgan fingerprint density at radius 3 is 2.59 bits per heavy atom. The molecule has 0 aromatic carbocycles. The van der Waals surface area contributed by atoms with Crippen molar-refractivity contribution in [3.63, 3.8) is 0 Å². The number of hydrogen-bond donors (Lipinski definition) is 7. The van der Waals surface area contributed by atoms with Crippen LogP contribution in [0.3, 0.4) is 0 Å². The van der Waals surface area contributed by atoms with Crippen molar-refractivity contribution in [1.82, 2.24) is 10.2 Å². The zero-order valence-corrected chi connectivity index (χ0v) is 12.2. The lowest BCUT2D eigenvalue weighted by atomic mass is 9.78. The van der Waals surface area contributed by atoms with Crippen molar-refractivity contribution in [3.8, 4) is 0 Å². The minimum atomic E-state index is -1.56. The van der Waals surface area contributed by atoms with Crippen molar-refractivity contribution < 1.29 is 24.7 Å². The van der Waals surface area contributed by atoms with Crippen molar-refractivity contribution in [2.45, 2.75) is 24.7 Å². The number of nitrogens with zero attached hydrogens (tertiary/aromatic N) is 1. The minimum Gasteiger partial charge on any atom is -0.480 e. The molecule has 0 aromatic rings. The number of rotatable bonds is 6. The van der Waals surface area contributed by atoms with Crippen LogP contribution in [0.4, 0.5) is 0 Å². The SMILES string of the molecule is N=C(NC(=O)CN)N1CC(CCCB(O)O)C(N)(C(=O)O)C1. The summed E-state index contributed by atoms with van der Waals surface area (Å²) in [7, 11) is -1.45. The molecule has 0 spiro atoms. The Bertz CT molecular complexity index is 449. The second-order valence-corrected chi connectivity index (χ2v) is 5.44. The van der Waals surface area contributed by atoms with Crippen LogP contribution >= 0.6 is 0 Å². The van der Waals surface area contributed by atoms with E-state index in [-0.39, 0.29) is 31.9 Å². The number of nitrogens with two attached hydrogens (primary N) is 2. The number of aliphatic carboxylic acids is 1. The van der Waals surface area contributed by atoms with Crippen molar-refractivity contribution in [2.75, 3.05) is 19.6 Å². The molecule has 22 heavy (non-hydrogen) atoms. The van der Waals surface area contributed by atoms with Crippen LogP contribution in [0.5, 0.6) is 0 Å². The maximum Gasteiger partial charge on any atom is 0.451 e. The highest BCUT2D eigenvalue weighted by Crippen LogP contribution is 2.30. The average Bonchev–Trinajstić information content (AvgIpc) is 2.77. The van der Waals surface area contributed by atoms with E-state index in [1.54, 1.807) is 0 Å². The first-order valence-corrected chi connectivity index (χ1v) is 6.92. The summed E-state index contributed by atoms with van der Waals surface area (Å²) in [6, 6.07) is 0. The number of likely N-dealkylation sites (tertiary alicyclic amines) is 1. The molecule has 124 valence electrons. The molecular formula is C11H22BN5O5. The third-order valence-electron chi connectivity index (χ3n) is 3.79. The molecule has 2 unspecified atom stereocenters. The summed E-state index contributed by atoms with van der Waals surface area (Å²) in [6.07, 6.45) is 0.882. The molecular weight excluding hydrogens is 293 g/mol. The van der Waals surface area contributed by atoms with Gasteiger partial charge in [-0.2, -0.15) is 0 Å². The molecule has 0 radical (unpaired) electrons. The topological polar surface area (TPSA) is 186 Å². The van der Waals surface area contributed by atoms with Gasteiger partial charge in [0, 0.05) is 19.0 Å². The largest absolute Gasteiger partial charge is 0.480 e. The van der Waals surface area contributed by atoms with E-state index < -0.39 is 30.5 Å². The lowest BCUT2D eigenvalue weighted by molar-refractivity contribution is -0.144. The number of carboxylic acids is 1. The summed E-state index contributed by atoms with van der Waals surface area (Å²) in [6.45, 7) is -0.201. The Morgan fingerprint density at radius 1 is 1.45 bits per heavy atom. The van der Waals surface area contributed by atoms with Gasteiger partial charge in [0.1, 0.15) is 5.54 Å². The van der Waals surface area contributed by atoms with E-state index >= 15 is 0 Å². The Labute approximate surface area is 128 Å². The Balaban J connectivity index is 2.72. The lowest BCUT2D eigenvalue weighted by Gasteiger charge is -2.25. The lowest BCUT2D eigenvalue weighted by Crippen LogP contribution is -2.55. The first kappa shape index (κ1) is 18.4. The van der Waals surface area contributed by atoms with Crippen LogP contribution in [0.1, 0.15) is 12.8 Å². The fraction of sp³-hybridized carbons (Fsp3) is 0.727. The molecule has 9 N–H and O–H groups in total. The van der Waals surface area contributed by atoms with Gasteiger partial charge >= 0.3 is 13.1 Å². The smallest absolute Gasteiger partial charge is 0.451 e. The van der Waals surface area contributed by atoms with Crippen LogP contribution in [0.15, 0.2) is 0 Å². The fourth-order valence-electron chi connectivity index (χ4n) is 2.51. The molecule has 0 aliphatic carbocycles. The van der Waals surface area contributed by atoms with Gasteiger partial charge in [0.2, 0.25) is 5.91 Å². The van der Waals surface area contributed by atoms with Crippen LogP contribution in [-0.2, 0) is 9.59 Å². The van der Waals surface area contributed by atoms with Crippen molar-refractivity contribution >= 4 is 25.0 Å². The predicted octanol–water partition coefficient (Wildman–Crippen LogP) is -3.04. The van der Waals surface area contributed by atoms with E-state index in [1.807, 2.05) is 0 Å². The van der Waals surface area contributed by atoms with Crippen molar-refractivity contribution in [1.29, 1.82) is 5.41 Å². The highest BCUT2D eigenvalue weighted by atomic mass is 16.4. The third-order valence-corrected chi connectivity index (χ3v) is 3.79. The van der Waals surface area contributed by atoms with Crippen LogP contribution in [0.2, 0.25) is 6.32 Å². The van der Waals surface area contributed by atoms with Gasteiger partial charge in [-0.1, -0.05) is 6.42 Å². The van der Waals surface area contributed by atoms with Gasteiger partial charge < -0.3 is 31.5 Å². The summed E-state index contributed by atoms with van der Waals surface area (Å²) in [5.41, 5.74) is 9.55. The summed E-state index contributed by atoms with van der Waals surface area (Å²) in [5, 5.41) is 37.1. The molecule has 1 amide bonds. The summed E-state index contributed by atoms with van der Waals surface area (Å²) in [5.74, 6) is -2.45. The van der Waals surface area contributed by atoms with Gasteiger partial charge in [0.05, 0.1) is 6.54 Å². The molecule has 1 heterocycles. The number of guanidine groups is 1. The van der Waals surface area contributed by atoms with E-state index in [4.69, 9.17) is 26.9 Å². The quantitative estimate of drug-likeness (QED) is 0.153. The van der Waals surface area contributed by atoms with Gasteiger partial charge in [-0.3, -0.25) is 20.3 Å². The molecule has 1 aliphatic rings. The summed E-state index contributed by atoms with van der Waals surface area (Å²) < 4.78 is 0. The molecule has 1 rings (SSSR count). The van der Waals surface area contributed by atoms with Crippen LogP contribution in [0, 0.1) is 11.3 Å². The molecule has 1 fully saturated rings. The first-order chi connectivity index (χ1) is 10.2. The van der Waals surface area contributed by atoms with E-state index in [1.165, 1.54) is 4.90 Å². The number of hydrogen-bond acceptors (Lipinski definition) is 7. The van der Waals surface area contributed by atoms with E-state index in [0.29, 0.717) is 12.8 Å². The average molecular weight is 315 g/mol. The van der Waals surface area contributed by atoms with Gasteiger partial charge in [0.25, 0.3) is 0 Å². The van der Waals surface area contributed by atoms with Gasteiger partial charge in [-0.05, 0) is 12.7 Å². The third kappa shape index (κ3) is 4.40. The zero-order chi connectivity index (χ0) is 16.9. The molecule has 0 saturated carbocycles. The normalized spacial score (nSPS) is 24.2. The minimum absolute atomic E-state index is 0.113. The van der Waals surface area contributed by atoms with Crippen LogP contribution in [0.25, 0.3) is 0 Å². The predicted molar refractivity (Wildman–Crippen MR) is 78.8 cm³/mol. The molecule has 10 nitrogen and oxygen atoms in total. The number of nitrogens with one attached hydrogen (secondary N) is 2. The number of carbonyl (C=O) groups is 2. The molecule has 0 aromatic heterocycles. The maximum absolute atomic E-state index is 11.4. The Hall–Kier alpha value is -1.69.